The van der Waals surface area contributed by atoms with E-state index in [2.05, 4.69) is 0 Å². The van der Waals surface area contributed by atoms with Gasteiger partial charge in [0.1, 0.15) is 11.5 Å². The topological polar surface area (TPSA) is 55.8 Å². The highest BCUT2D eigenvalue weighted by molar-refractivity contribution is 7.57. The highest BCUT2D eigenvalue weighted by Gasteiger charge is 2.19. The summed E-state index contributed by atoms with van der Waals surface area (Å²) < 4.78 is 23.7. The van der Waals surface area contributed by atoms with Crippen LogP contribution in [0.1, 0.15) is 12.5 Å². The Morgan fingerprint density at radius 3 is 2.28 bits per heavy atom. The minimum Gasteiger partial charge on any atom is -0.507 e. The monoisotopic (exact) mass is 450 g/mol. The SMILES string of the molecule is CCOP(C)(=O)Cc1cc(Cl)c(Oc2ccc(O)c(-c3ccccc3)c2)c(Cl)c1. The number of benzene rings is 3. The minimum atomic E-state index is -2.77. The zero-order chi connectivity index (χ0) is 21.0. The zero-order valence-electron chi connectivity index (χ0n) is 16.1. The first-order valence-corrected chi connectivity index (χ1v) is 12.1. The fourth-order valence-electron chi connectivity index (χ4n) is 3.00. The number of hydrogen-bond donors (Lipinski definition) is 1. The number of hydrogen-bond acceptors (Lipinski definition) is 4. The summed E-state index contributed by atoms with van der Waals surface area (Å²) >= 11 is 12.8. The molecule has 0 radical (unpaired) electrons. The van der Waals surface area contributed by atoms with Gasteiger partial charge in [-0.05, 0) is 48.4 Å². The van der Waals surface area contributed by atoms with Crippen LogP contribution in [0.5, 0.6) is 17.2 Å². The third-order valence-electron chi connectivity index (χ3n) is 4.20. The van der Waals surface area contributed by atoms with Crippen molar-refractivity contribution in [3.63, 3.8) is 0 Å². The van der Waals surface area contributed by atoms with Crippen LogP contribution in [0.4, 0.5) is 0 Å². The van der Waals surface area contributed by atoms with Gasteiger partial charge in [0.05, 0.1) is 16.7 Å². The third-order valence-corrected chi connectivity index (χ3v) is 6.51. The van der Waals surface area contributed by atoms with Crippen molar-refractivity contribution in [3.05, 3.63) is 76.3 Å². The van der Waals surface area contributed by atoms with Crippen LogP contribution >= 0.6 is 30.6 Å². The standard InChI is InChI=1S/C22H21Cl2O4P/c1-3-27-29(2,26)14-15-11-19(23)22(20(24)12-15)28-17-9-10-21(25)18(13-17)16-7-5-4-6-8-16/h4-13,25H,3,14H2,1-2H3. The van der Waals surface area contributed by atoms with Crippen molar-refractivity contribution in [2.24, 2.45) is 0 Å². The van der Waals surface area contributed by atoms with E-state index in [9.17, 15) is 9.67 Å². The Hall–Kier alpha value is -1.97. The summed E-state index contributed by atoms with van der Waals surface area (Å²) in [5.41, 5.74) is 2.20. The molecule has 0 amide bonds. The molecule has 3 aromatic carbocycles. The van der Waals surface area contributed by atoms with Crippen LogP contribution in [0.3, 0.4) is 0 Å². The molecule has 152 valence electrons. The van der Waals surface area contributed by atoms with Crippen molar-refractivity contribution in [2.45, 2.75) is 13.1 Å². The molecule has 0 aromatic heterocycles. The summed E-state index contributed by atoms with van der Waals surface area (Å²) in [5, 5.41) is 10.8. The summed E-state index contributed by atoms with van der Waals surface area (Å²) in [6.07, 6.45) is 0.234. The molecule has 1 atom stereocenters. The summed E-state index contributed by atoms with van der Waals surface area (Å²) in [7, 11) is -2.77. The van der Waals surface area contributed by atoms with Gasteiger partial charge < -0.3 is 14.4 Å². The van der Waals surface area contributed by atoms with Crippen LogP contribution in [0.2, 0.25) is 10.0 Å². The van der Waals surface area contributed by atoms with Gasteiger partial charge in [0.25, 0.3) is 0 Å². The Morgan fingerprint density at radius 1 is 1.00 bits per heavy atom. The maximum atomic E-state index is 12.4. The molecular weight excluding hydrogens is 430 g/mol. The van der Waals surface area contributed by atoms with Crippen molar-refractivity contribution < 1.29 is 18.9 Å². The lowest BCUT2D eigenvalue weighted by atomic mass is 10.0. The maximum Gasteiger partial charge on any atom is 0.204 e. The second kappa shape index (κ2) is 9.23. The van der Waals surface area contributed by atoms with Crippen LogP contribution in [0.25, 0.3) is 11.1 Å². The number of aromatic hydroxyl groups is 1. The van der Waals surface area contributed by atoms with Gasteiger partial charge in [-0.1, -0.05) is 53.5 Å². The molecule has 0 aliphatic heterocycles. The number of halogens is 2. The number of phenols is 1. The van der Waals surface area contributed by atoms with Crippen LogP contribution in [0, 0.1) is 0 Å². The van der Waals surface area contributed by atoms with Crippen molar-refractivity contribution in [1.29, 1.82) is 0 Å². The Balaban J connectivity index is 1.88. The molecule has 1 N–H and O–H groups in total. The average molecular weight is 451 g/mol. The number of phenolic OH excluding ortho intramolecular Hbond substituents is 1. The predicted octanol–water partition coefficient (Wildman–Crippen LogP) is 7.60. The van der Waals surface area contributed by atoms with Crippen LogP contribution in [-0.4, -0.2) is 18.4 Å². The fraction of sp³-hybridized carbons (Fsp3) is 0.182. The molecular formula is C22H21Cl2O4P. The highest BCUT2D eigenvalue weighted by atomic mass is 35.5. The van der Waals surface area contributed by atoms with Gasteiger partial charge in [0.15, 0.2) is 5.75 Å². The van der Waals surface area contributed by atoms with Gasteiger partial charge in [-0.2, -0.15) is 0 Å². The first kappa shape index (κ1) is 21.7. The van der Waals surface area contributed by atoms with Gasteiger partial charge in [0.2, 0.25) is 7.37 Å². The lowest BCUT2D eigenvalue weighted by molar-refractivity contribution is 0.336. The molecule has 0 saturated heterocycles. The van der Waals surface area contributed by atoms with Gasteiger partial charge in [0, 0.05) is 18.4 Å². The fourth-order valence-corrected chi connectivity index (χ4v) is 5.09. The Bertz CT molecular complexity index is 1030. The molecule has 0 fully saturated rings. The molecule has 0 spiro atoms. The molecule has 3 aromatic rings. The van der Waals surface area contributed by atoms with E-state index in [-0.39, 0.29) is 11.9 Å². The van der Waals surface area contributed by atoms with Crippen LogP contribution in [0.15, 0.2) is 60.7 Å². The third kappa shape index (κ3) is 5.55. The summed E-state index contributed by atoms with van der Waals surface area (Å²) in [4.78, 5) is 0. The molecule has 0 saturated carbocycles. The van der Waals surface area contributed by atoms with E-state index >= 15 is 0 Å². The number of rotatable bonds is 7. The van der Waals surface area contributed by atoms with Gasteiger partial charge in [-0.15, -0.1) is 0 Å². The molecule has 7 heteroatoms. The van der Waals surface area contributed by atoms with Gasteiger partial charge in [-0.25, -0.2) is 0 Å². The lowest BCUT2D eigenvalue weighted by Gasteiger charge is -2.15. The largest absolute Gasteiger partial charge is 0.507 e. The zero-order valence-corrected chi connectivity index (χ0v) is 18.5. The van der Waals surface area contributed by atoms with E-state index in [0.29, 0.717) is 39.3 Å². The molecule has 1 unspecified atom stereocenters. The predicted molar refractivity (Wildman–Crippen MR) is 119 cm³/mol. The Labute approximate surface area is 180 Å². The molecule has 0 bridgehead atoms. The summed E-state index contributed by atoms with van der Waals surface area (Å²) in [5.74, 6) is 0.920. The van der Waals surface area contributed by atoms with Gasteiger partial charge >= 0.3 is 0 Å². The quantitative estimate of drug-likeness (QED) is 0.376. The lowest BCUT2D eigenvalue weighted by Crippen LogP contribution is -1.95. The van der Waals surface area contributed by atoms with Crippen LogP contribution in [-0.2, 0) is 15.3 Å². The second-order valence-electron chi connectivity index (χ2n) is 6.63. The van der Waals surface area contributed by atoms with Crippen molar-refractivity contribution in [3.8, 4) is 28.4 Å². The molecule has 0 heterocycles. The average Bonchev–Trinajstić information content (AvgIpc) is 2.66. The van der Waals surface area contributed by atoms with E-state index in [1.165, 1.54) is 0 Å². The Morgan fingerprint density at radius 2 is 1.66 bits per heavy atom. The molecule has 29 heavy (non-hydrogen) atoms. The second-order valence-corrected chi connectivity index (χ2v) is 10.0. The van der Waals surface area contributed by atoms with Crippen molar-refractivity contribution >= 4 is 30.6 Å². The molecule has 0 aliphatic rings. The first-order chi connectivity index (χ1) is 13.8. The van der Waals surface area contributed by atoms with E-state index < -0.39 is 7.37 Å². The first-order valence-electron chi connectivity index (χ1n) is 9.04. The van der Waals surface area contributed by atoms with Crippen molar-refractivity contribution in [1.82, 2.24) is 0 Å². The number of ether oxygens (including phenoxy) is 1. The summed E-state index contributed by atoms with van der Waals surface area (Å²) in [6, 6.07) is 17.8. The molecule has 0 aliphatic carbocycles. The normalized spacial score (nSPS) is 13.1. The van der Waals surface area contributed by atoms with E-state index in [1.54, 1.807) is 43.9 Å². The maximum absolute atomic E-state index is 12.4. The Kier molecular flexibility index (Phi) is 6.92. The highest BCUT2D eigenvalue weighted by Crippen LogP contribution is 2.48. The molecule has 4 nitrogen and oxygen atoms in total. The minimum absolute atomic E-state index is 0.144. The van der Waals surface area contributed by atoms with Crippen molar-refractivity contribution in [2.75, 3.05) is 13.3 Å². The smallest absolute Gasteiger partial charge is 0.204 e. The molecule has 3 rings (SSSR count). The van der Waals surface area contributed by atoms with E-state index in [4.69, 9.17) is 32.5 Å². The summed E-state index contributed by atoms with van der Waals surface area (Å²) in [6.45, 7) is 3.76. The van der Waals surface area contributed by atoms with Crippen LogP contribution < -0.4 is 4.74 Å². The van der Waals surface area contributed by atoms with E-state index in [0.717, 1.165) is 5.56 Å². The van der Waals surface area contributed by atoms with E-state index in [1.807, 2.05) is 30.3 Å². The van der Waals surface area contributed by atoms with Gasteiger partial charge in [-0.3, -0.25) is 4.57 Å².